The van der Waals surface area contributed by atoms with Crippen molar-refractivity contribution < 1.29 is 28.3 Å². The Balaban J connectivity index is 1.39. The predicted octanol–water partition coefficient (Wildman–Crippen LogP) is 4.89. The first kappa shape index (κ1) is 26.7. The van der Waals surface area contributed by atoms with Gasteiger partial charge in [0.05, 0.1) is 23.1 Å². The van der Waals surface area contributed by atoms with Crippen LogP contribution in [0.3, 0.4) is 0 Å². The Labute approximate surface area is 230 Å². The fourth-order valence-electron chi connectivity index (χ4n) is 5.35. The maximum absolute atomic E-state index is 13.4. The molecule has 1 aliphatic heterocycles. The molecule has 2 aliphatic rings. The molecule has 0 unspecified atom stereocenters. The molecule has 0 atom stereocenters. The van der Waals surface area contributed by atoms with Gasteiger partial charge in [-0.15, -0.1) is 0 Å². The highest BCUT2D eigenvalue weighted by Crippen LogP contribution is 2.37. The first-order valence-corrected chi connectivity index (χ1v) is 13.4. The normalized spacial score (nSPS) is 19.1. The number of rotatable bonds is 6. The van der Waals surface area contributed by atoms with Crippen molar-refractivity contribution in [1.29, 1.82) is 0 Å². The second-order valence-corrected chi connectivity index (χ2v) is 10.3. The van der Waals surface area contributed by atoms with Gasteiger partial charge in [0.1, 0.15) is 17.1 Å². The lowest BCUT2D eigenvalue weighted by Crippen LogP contribution is -2.37. The average molecular weight is 553 g/mol. The van der Waals surface area contributed by atoms with Crippen molar-refractivity contribution >= 4 is 57.8 Å². The topological polar surface area (TPSA) is 131 Å². The largest absolute Gasteiger partial charge is 0.465 e. The van der Waals surface area contributed by atoms with Crippen molar-refractivity contribution in [2.75, 3.05) is 30.8 Å². The predicted molar refractivity (Wildman–Crippen MR) is 145 cm³/mol. The van der Waals surface area contributed by atoms with Crippen LogP contribution in [0.15, 0.2) is 40.9 Å². The lowest BCUT2D eigenvalue weighted by molar-refractivity contribution is -0.136. The van der Waals surface area contributed by atoms with Gasteiger partial charge in [0.2, 0.25) is 17.6 Å². The molecule has 0 bridgehead atoms. The van der Waals surface area contributed by atoms with Gasteiger partial charge in [-0.1, -0.05) is 17.7 Å². The Morgan fingerprint density at radius 3 is 2.38 bits per heavy atom. The van der Waals surface area contributed by atoms with E-state index in [4.69, 9.17) is 20.8 Å². The van der Waals surface area contributed by atoms with E-state index in [1.807, 2.05) is 4.90 Å². The number of likely N-dealkylation sites (tertiary alicyclic amines) is 1. The number of nitrogens with one attached hydrogen (secondary N) is 2. The Hall–Kier alpha value is -3.92. The molecule has 10 nitrogen and oxygen atoms in total. The molecule has 0 spiro atoms. The minimum absolute atomic E-state index is 0.0685. The molecule has 1 saturated carbocycles. The van der Waals surface area contributed by atoms with Crippen LogP contribution in [0.2, 0.25) is 5.02 Å². The monoisotopic (exact) mass is 552 g/mol. The van der Waals surface area contributed by atoms with Crippen LogP contribution >= 0.6 is 11.6 Å². The fraction of sp³-hybridized carbons (Fsp3) is 0.393. The van der Waals surface area contributed by atoms with Gasteiger partial charge in [0.15, 0.2) is 0 Å². The minimum Gasteiger partial charge on any atom is -0.465 e. The van der Waals surface area contributed by atoms with E-state index in [9.17, 15) is 19.2 Å². The van der Waals surface area contributed by atoms with Gasteiger partial charge in [0.25, 0.3) is 5.91 Å². The Kier molecular flexibility index (Phi) is 7.83. The van der Waals surface area contributed by atoms with Crippen molar-refractivity contribution in [3.63, 3.8) is 0 Å². The highest BCUT2D eigenvalue weighted by molar-refractivity contribution is 6.30. The Morgan fingerprint density at radius 2 is 1.72 bits per heavy atom. The van der Waals surface area contributed by atoms with Crippen LogP contribution in [0.25, 0.3) is 11.0 Å². The second-order valence-electron chi connectivity index (χ2n) is 9.86. The van der Waals surface area contributed by atoms with Gasteiger partial charge in [-0.05, 0) is 62.8 Å². The number of anilines is 2. The summed E-state index contributed by atoms with van der Waals surface area (Å²) in [6, 6.07) is 7.85. The van der Waals surface area contributed by atoms with E-state index in [0.29, 0.717) is 30.7 Å². The van der Waals surface area contributed by atoms with Crippen molar-refractivity contribution in [2.24, 2.45) is 11.8 Å². The molecule has 11 heteroatoms. The van der Waals surface area contributed by atoms with Crippen LogP contribution in [0, 0.1) is 11.8 Å². The zero-order valence-electron chi connectivity index (χ0n) is 21.5. The molecule has 5 rings (SSSR count). The summed E-state index contributed by atoms with van der Waals surface area (Å²) < 4.78 is 10.8. The number of methoxy groups -OCH3 is 1. The third-order valence-electron chi connectivity index (χ3n) is 7.41. The summed E-state index contributed by atoms with van der Waals surface area (Å²) >= 11 is 5.89. The number of furan rings is 1. The highest BCUT2D eigenvalue weighted by Gasteiger charge is 2.34. The third kappa shape index (κ3) is 5.61. The number of benzene rings is 1. The van der Waals surface area contributed by atoms with Gasteiger partial charge in [-0.25, -0.2) is 9.78 Å². The van der Waals surface area contributed by atoms with E-state index < -0.39 is 11.9 Å². The number of amides is 3. The zero-order valence-corrected chi connectivity index (χ0v) is 22.3. The molecule has 3 amide bonds. The van der Waals surface area contributed by atoms with Crippen LogP contribution in [-0.4, -0.2) is 53.8 Å². The molecule has 0 radical (unpaired) electrons. The smallest absolute Gasteiger partial charge is 0.338 e. The van der Waals surface area contributed by atoms with E-state index in [1.165, 1.54) is 25.4 Å². The van der Waals surface area contributed by atoms with E-state index in [1.54, 1.807) is 18.2 Å². The summed E-state index contributed by atoms with van der Waals surface area (Å²) in [6.45, 7) is 1.62. The number of carbonyl (C=O) groups is 4. The number of halogens is 1. The summed E-state index contributed by atoms with van der Waals surface area (Å²) in [5, 5.41) is 6.17. The van der Waals surface area contributed by atoms with E-state index in [-0.39, 0.29) is 57.4 Å². The molecule has 1 aliphatic carbocycles. The molecule has 39 heavy (non-hydrogen) atoms. The van der Waals surface area contributed by atoms with Crippen LogP contribution < -0.4 is 10.6 Å². The number of ether oxygens (including phenoxy) is 1. The molecule has 1 saturated heterocycles. The van der Waals surface area contributed by atoms with Crippen LogP contribution in [0.1, 0.15) is 59.4 Å². The van der Waals surface area contributed by atoms with Crippen molar-refractivity contribution in [1.82, 2.24) is 9.88 Å². The highest BCUT2D eigenvalue weighted by atomic mass is 35.5. The summed E-state index contributed by atoms with van der Waals surface area (Å²) in [5.41, 5.74) is 0.470. The van der Waals surface area contributed by atoms with Crippen molar-refractivity contribution in [3.05, 3.63) is 52.9 Å². The number of hydrogen-bond donors (Lipinski definition) is 2. The number of hydrogen-bond acceptors (Lipinski definition) is 7. The number of pyridine rings is 1. The lowest BCUT2D eigenvalue weighted by Gasteiger charge is -2.29. The Morgan fingerprint density at radius 1 is 1.00 bits per heavy atom. The lowest BCUT2D eigenvalue weighted by atomic mass is 9.81. The van der Waals surface area contributed by atoms with Gasteiger partial charge >= 0.3 is 5.97 Å². The number of nitrogens with zero attached hydrogens (tertiary/aromatic N) is 2. The molecule has 2 fully saturated rings. The Bertz CT molecular complexity index is 1410. The number of fused-ring (bicyclic) bond motifs is 1. The SMILES string of the molecule is COC(=O)c1cccc2oc(C(=O)Nc3ccc(Cl)cn3)c(NC(=O)C3CCC(C(=O)N4CCCC4)CC3)c12. The van der Waals surface area contributed by atoms with Gasteiger partial charge in [-0.3, -0.25) is 14.4 Å². The molecule has 2 N–H and O–H groups in total. The summed E-state index contributed by atoms with van der Waals surface area (Å²) in [4.78, 5) is 58.0. The van der Waals surface area contributed by atoms with E-state index in [0.717, 1.165) is 25.9 Å². The summed E-state index contributed by atoms with van der Waals surface area (Å²) in [6.07, 6.45) is 5.82. The van der Waals surface area contributed by atoms with Crippen LogP contribution in [0.4, 0.5) is 11.5 Å². The van der Waals surface area contributed by atoms with Gasteiger partial charge in [0, 0.05) is 31.1 Å². The molecule has 3 aromatic rings. The first-order valence-electron chi connectivity index (χ1n) is 13.0. The quantitative estimate of drug-likeness (QED) is 0.416. The van der Waals surface area contributed by atoms with Gasteiger partial charge < -0.3 is 24.7 Å². The number of aromatic nitrogens is 1. The van der Waals surface area contributed by atoms with Crippen LogP contribution in [0.5, 0.6) is 0 Å². The van der Waals surface area contributed by atoms with Crippen molar-refractivity contribution in [2.45, 2.75) is 38.5 Å². The fourth-order valence-corrected chi connectivity index (χ4v) is 5.47. The third-order valence-corrected chi connectivity index (χ3v) is 7.63. The van der Waals surface area contributed by atoms with Crippen LogP contribution in [-0.2, 0) is 14.3 Å². The van der Waals surface area contributed by atoms with Crippen molar-refractivity contribution in [3.8, 4) is 0 Å². The molecular formula is C28H29ClN4O6. The molecule has 2 aromatic heterocycles. The molecule has 1 aromatic carbocycles. The molecule has 3 heterocycles. The standard InChI is InChI=1S/C28H29ClN4O6/c1-38-28(37)19-5-4-6-20-22(19)23(24(39-20)26(35)31-21-12-11-18(29)15-30-21)32-25(34)16-7-9-17(10-8-16)27(36)33-13-2-3-14-33/h4-6,11-12,15-17H,2-3,7-10,13-14H2,1H3,(H,32,34)(H,30,31,35). The average Bonchev–Trinajstić information content (AvgIpc) is 3.62. The summed E-state index contributed by atoms with van der Waals surface area (Å²) in [5.74, 6) is -1.78. The number of esters is 1. The zero-order chi connectivity index (χ0) is 27.5. The van der Waals surface area contributed by atoms with E-state index in [2.05, 4.69) is 15.6 Å². The second kappa shape index (κ2) is 11.4. The first-order chi connectivity index (χ1) is 18.9. The van der Waals surface area contributed by atoms with E-state index >= 15 is 0 Å². The van der Waals surface area contributed by atoms with Gasteiger partial charge in [-0.2, -0.15) is 0 Å². The maximum atomic E-state index is 13.4. The maximum Gasteiger partial charge on any atom is 0.338 e. The number of carbonyl (C=O) groups excluding carboxylic acids is 4. The summed E-state index contributed by atoms with van der Waals surface area (Å²) in [7, 11) is 1.25. The molecule has 204 valence electrons. The minimum atomic E-state index is -0.660. The molecular weight excluding hydrogens is 524 g/mol.